The SMILES string of the molecule is COC(=O)c1nnc(C2CCS(=O)(=O)C2)o1. The lowest BCUT2D eigenvalue weighted by Crippen LogP contribution is -2.04. The van der Waals surface area contributed by atoms with Gasteiger partial charge in [-0.15, -0.1) is 10.2 Å². The van der Waals surface area contributed by atoms with Crippen molar-refractivity contribution in [2.75, 3.05) is 18.6 Å². The van der Waals surface area contributed by atoms with Gasteiger partial charge in [0.25, 0.3) is 0 Å². The first-order valence-electron chi connectivity index (χ1n) is 4.64. The molecule has 0 spiro atoms. The molecule has 16 heavy (non-hydrogen) atoms. The summed E-state index contributed by atoms with van der Waals surface area (Å²) in [6.07, 6.45) is 0.450. The Morgan fingerprint density at radius 3 is 2.81 bits per heavy atom. The van der Waals surface area contributed by atoms with E-state index in [1.165, 1.54) is 7.11 Å². The van der Waals surface area contributed by atoms with E-state index in [0.717, 1.165) is 0 Å². The number of ether oxygens (including phenoxy) is 1. The van der Waals surface area contributed by atoms with Crippen LogP contribution in [0.2, 0.25) is 0 Å². The van der Waals surface area contributed by atoms with Crippen LogP contribution in [0, 0.1) is 0 Å². The second kappa shape index (κ2) is 3.85. The van der Waals surface area contributed by atoms with Crippen molar-refractivity contribution in [3.05, 3.63) is 11.8 Å². The average molecular weight is 246 g/mol. The highest BCUT2D eigenvalue weighted by Gasteiger charge is 2.33. The van der Waals surface area contributed by atoms with E-state index in [0.29, 0.717) is 6.42 Å². The van der Waals surface area contributed by atoms with Crippen molar-refractivity contribution in [2.24, 2.45) is 0 Å². The summed E-state index contributed by atoms with van der Waals surface area (Å²) in [5, 5.41) is 7.14. The number of methoxy groups -OCH3 is 1. The van der Waals surface area contributed by atoms with Crippen molar-refractivity contribution in [2.45, 2.75) is 12.3 Å². The maximum atomic E-state index is 11.2. The van der Waals surface area contributed by atoms with Crippen LogP contribution in [0.5, 0.6) is 0 Å². The standard InChI is InChI=1S/C8H10N2O5S/c1-14-8(11)7-10-9-6(15-7)5-2-3-16(12,13)4-5/h5H,2-4H2,1H3. The molecule has 0 aromatic carbocycles. The minimum absolute atomic E-state index is 0.00416. The zero-order valence-electron chi connectivity index (χ0n) is 8.54. The molecule has 0 amide bonds. The predicted molar refractivity (Wildman–Crippen MR) is 51.6 cm³/mol. The molecule has 1 unspecified atom stereocenters. The molecule has 88 valence electrons. The lowest BCUT2D eigenvalue weighted by Gasteiger charge is -1.98. The van der Waals surface area contributed by atoms with E-state index in [4.69, 9.17) is 4.42 Å². The van der Waals surface area contributed by atoms with Gasteiger partial charge in [-0.05, 0) is 6.42 Å². The Bertz CT molecular complexity index is 506. The molecule has 0 aliphatic carbocycles. The summed E-state index contributed by atoms with van der Waals surface area (Å²) < 4.78 is 31.9. The Morgan fingerprint density at radius 1 is 1.50 bits per heavy atom. The van der Waals surface area contributed by atoms with Crippen LogP contribution < -0.4 is 0 Å². The quantitative estimate of drug-likeness (QED) is 0.664. The van der Waals surface area contributed by atoms with Crippen LogP contribution in [0.3, 0.4) is 0 Å². The highest BCUT2D eigenvalue weighted by molar-refractivity contribution is 7.91. The van der Waals surface area contributed by atoms with Gasteiger partial charge in [0.15, 0.2) is 9.84 Å². The molecule has 1 aromatic rings. The van der Waals surface area contributed by atoms with Crippen LogP contribution in [-0.4, -0.2) is 43.2 Å². The molecule has 1 fully saturated rings. The minimum atomic E-state index is -3.00. The van der Waals surface area contributed by atoms with Crippen molar-refractivity contribution >= 4 is 15.8 Å². The van der Waals surface area contributed by atoms with Crippen LogP contribution in [-0.2, 0) is 14.6 Å². The van der Waals surface area contributed by atoms with Crippen LogP contribution in [0.25, 0.3) is 0 Å². The summed E-state index contributed by atoms with van der Waals surface area (Å²) in [6, 6.07) is 0. The number of carbonyl (C=O) groups is 1. The van der Waals surface area contributed by atoms with Gasteiger partial charge < -0.3 is 9.15 Å². The van der Waals surface area contributed by atoms with Crippen LogP contribution in [0.15, 0.2) is 4.42 Å². The normalized spacial score (nSPS) is 23.2. The zero-order chi connectivity index (χ0) is 11.8. The largest absolute Gasteiger partial charge is 0.462 e. The van der Waals surface area contributed by atoms with Gasteiger partial charge in [0.2, 0.25) is 5.89 Å². The number of sulfone groups is 1. The van der Waals surface area contributed by atoms with E-state index < -0.39 is 15.8 Å². The fourth-order valence-corrected chi connectivity index (χ4v) is 3.29. The van der Waals surface area contributed by atoms with Crippen molar-refractivity contribution in [3.8, 4) is 0 Å². The van der Waals surface area contributed by atoms with E-state index in [-0.39, 0.29) is 29.2 Å². The summed E-state index contributed by atoms with van der Waals surface area (Å²) in [5.41, 5.74) is 0. The predicted octanol–water partition coefficient (Wildman–Crippen LogP) is -0.242. The van der Waals surface area contributed by atoms with Gasteiger partial charge in [-0.25, -0.2) is 13.2 Å². The molecule has 1 aliphatic heterocycles. The van der Waals surface area contributed by atoms with Gasteiger partial charge in [0, 0.05) is 0 Å². The Morgan fingerprint density at radius 2 is 2.25 bits per heavy atom. The summed E-state index contributed by atoms with van der Waals surface area (Å²) in [7, 11) is -1.80. The number of esters is 1. The monoisotopic (exact) mass is 246 g/mol. The Labute approximate surface area is 91.7 Å². The summed E-state index contributed by atoms with van der Waals surface area (Å²) >= 11 is 0. The third kappa shape index (κ3) is 2.06. The smallest absolute Gasteiger partial charge is 0.396 e. The molecule has 1 atom stereocenters. The topological polar surface area (TPSA) is 99.4 Å². The maximum Gasteiger partial charge on any atom is 0.396 e. The van der Waals surface area contributed by atoms with Crippen LogP contribution in [0.1, 0.15) is 28.9 Å². The molecule has 1 aliphatic rings. The Kier molecular flexibility index (Phi) is 2.66. The molecular formula is C8H10N2O5S. The van der Waals surface area contributed by atoms with E-state index in [1.54, 1.807) is 0 Å². The molecule has 0 bridgehead atoms. The van der Waals surface area contributed by atoms with Gasteiger partial charge in [-0.2, -0.15) is 0 Å². The molecule has 7 nitrogen and oxygen atoms in total. The maximum absolute atomic E-state index is 11.2. The molecule has 2 rings (SSSR count). The summed E-state index contributed by atoms with van der Waals surface area (Å²) in [5.74, 6) is -0.984. The third-order valence-corrected chi connectivity index (χ3v) is 4.15. The molecule has 0 N–H and O–H groups in total. The molecule has 0 radical (unpaired) electrons. The van der Waals surface area contributed by atoms with E-state index in [2.05, 4.69) is 14.9 Å². The first-order valence-corrected chi connectivity index (χ1v) is 6.46. The highest BCUT2D eigenvalue weighted by Crippen LogP contribution is 2.27. The van der Waals surface area contributed by atoms with Crippen molar-refractivity contribution in [3.63, 3.8) is 0 Å². The van der Waals surface area contributed by atoms with E-state index in [9.17, 15) is 13.2 Å². The van der Waals surface area contributed by atoms with Gasteiger partial charge in [-0.3, -0.25) is 0 Å². The lowest BCUT2D eigenvalue weighted by molar-refractivity contribution is 0.0553. The number of nitrogens with zero attached hydrogens (tertiary/aromatic N) is 2. The van der Waals surface area contributed by atoms with E-state index >= 15 is 0 Å². The van der Waals surface area contributed by atoms with Gasteiger partial charge in [-0.1, -0.05) is 0 Å². The molecular weight excluding hydrogens is 236 g/mol. The van der Waals surface area contributed by atoms with Gasteiger partial charge in [0.1, 0.15) is 0 Å². The number of rotatable bonds is 2. The average Bonchev–Trinajstić information content (AvgIpc) is 2.83. The number of hydrogen-bond acceptors (Lipinski definition) is 7. The summed E-state index contributed by atoms with van der Waals surface area (Å²) in [4.78, 5) is 11.0. The molecule has 1 saturated heterocycles. The molecule has 8 heteroatoms. The minimum Gasteiger partial charge on any atom is -0.462 e. The highest BCUT2D eigenvalue weighted by atomic mass is 32.2. The van der Waals surface area contributed by atoms with Crippen molar-refractivity contribution in [1.29, 1.82) is 0 Å². The first kappa shape index (κ1) is 11.1. The van der Waals surface area contributed by atoms with Crippen molar-refractivity contribution in [1.82, 2.24) is 10.2 Å². The lowest BCUT2D eigenvalue weighted by atomic mass is 10.1. The van der Waals surface area contributed by atoms with Gasteiger partial charge >= 0.3 is 11.9 Å². The molecule has 2 heterocycles. The first-order chi connectivity index (χ1) is 7.52. The Hall–Kier alpha value is -1.44. The second-order valence-corrected chi connectivity index (χ2v) is 5.77. The third-order valence-electron chi connectivity index (χ3n) is 2.38. The van der Waals surface area contributed by atoms with Crippen LogP contribution >= 0.6 is 0 Å². The number of aromatic nitrogens is 2. The second-order valence-electron chi connectivity index (χ2n) is 3.54. The number of carbonyl (C=O) groups excluding carboxylic acids is 1. The fourth-order valence-electron chi connectivity index (χ4n) is 1.56. The van der Waals surface area contributed by atoms with Gasteiger partial charge in [0.05, 0.1) is 24.5 Å². The molecule has 0 saturated carbocycles. The zero-order valence-corrected chi connectivity index (χ0v) is 9.36. The Balaban J connectivity index is 2.17. The van der Waals surface area contributed by atoms with E-state index in [1.807, 2.05) is 0 Å². The molecule has 1 aromatic heterocycles. The summed E-state index contributed by atoms with van der Waals surface area (Å²) in [6.45, 7) is 0. The fraction of sp³-hybridized carbons (Fsp3) is 0.625. The number of hydrogen-bond donors (Lipinski definition) is 0. The van der Waals surface area contributed by atoms with Crippen molar-refractivity contribution < 1.29 is 22.4 Å². The van der Waals surface area contributed by atoms with Crippen LogP contribution in [0.4, 0.5) is 0 Å².